The van der Waals surface area contributed by atoms with E-state index < -0.39 is 24.2 Å². The van der Waals surface area contributed by atoms with Crippen LogP contribution in [0.2, 0.25) is 0 Å². The molecule has 2 aromatic rings. The van der Waals surface area contributed by atoms with Crippen molar-refractivity contribution in [3.8, 4) is 11.5 Å². The van der Waals surface area contributed by atoms with Crippen molar-refractivity contribution < 1.29 is 23.8 Å². The van der Waals surface area contributed by atoms with Crippen LogP contribution in [0.4, 0.5) is 0 Å². The summed E-state index contributed by atoms with van der Waals surface area (Å²) in [5.41, 5.74) is 0.839. The highest BCUT2D eigenvalue weighted by Crippen LogP contribution is 2.37. The average molecular weight is 373 g/mol. The summed E-state index contributed by atoms with van der Waals surface area (Å²) in [6.45, 7) is 2.24. The van der Waals surface area contributed by atoms with Gasteiger partial charge >= 0.3 is 5.97 Å². The molecule has 136 valence electrons. The average Bonchev–Trinajstić information content (AvgIpc) is 3.14. The zero-order chi connectivity index (χ0) is 18.3. The monoisotopic (exact) mass is 373 g/mol. The Balaban J connectivity index is 1.64. The summed E-state index contributed by atoms with van der Waals surface area (Å²) in [4.78, 5) is 28.3. The van der Waals surface area contributed by atoms with Gasteiger partial charge in [0, 0.05) is 11.4 Å². The number of benzene rings is 1. The molecule has 0 saturated carbocycles. The number of methoxy groups -OCH3 is 1. The van der Waals surface area contributed by atoms with Crippen LogP contribution in [0.5, 0.6) is 11.5 Å². The third-order valence-electron chi connectivity index (χ3n) is 4.76. The fraction of sp³-hybridized carbons (Fsp3) is 0.368. The molecule has 0 aliphatic carbocycles. The van der Waals surface area contributed by atoms with Crippen LogP contribution in [0.15, 0.2) is 35.7 Å². The van der Waals surface area contributed by atoms with Crippen molar-refractivity contribution in [1.82, 2.24) is 4.90 Å². The maximum atomic E-state index is 13.3. The minimum atomic E-state index is -0.808. The first-order valence-corrected chi connectivity index (χ1v) is 9.35. The van der Waals surface area contributed by atoms with Gasteiger partial charge in [-0.2, -0.15) is 0 Å². The summed E-state index contributed by atoms with van der Waals surface area (Å²) in [7, 11) is 1.34. The number of amides is 1. The Morgan fingerprint density at radius 3 is 2.65 bits per heavy atom. The first kappa shape index (κ1) is 16.9. The molecule has 0 bridgehead atoms. The normalized spacial score (nSPS) is 23.9. The quantitative estimate of drug-likeness (QED) is 0.757. The van der Waals surface area contributed by atoms with Crippen molar-refractivity contribution in [3.05, 3.63) is 46.2 Å². The SMILES string of the molecule is COC(=O)[C@H]1c2ccsc2CCN1C(=O)[C@H]1Oc2ccccc2O[C@H]1C. The van der Waals surface area contributed by atoms with E-state index in [2.05, 4.69) is 0 Å². The van der Waals surface area contributed by atoms with Crippen LogP contribution < -0.4 is 9.47 Å². The molecule has 26 heavy (non-hydrogen) atoms. The zero-order valence-corrected chi connectivity index (χ0v) is 15.3. The van der Waals surface area contributed by atoms with E-state index in [4.69, 9.17) is 14.2 Å². The van der Waals surface area contributed by atoms with Crippen molar-refractivity contribution >= 4 is 23.2 Å². The van der Waals surface area contributed by atoms with Crippen LogP contribution >= 0.6 is 11.3 Å². The molecule has 1 aromatic carbocycles. The maximum absolute atomic E-state index is 13.3. The molecule has 3 atom stereocenters. The molecule has 0 fully saturated rings. The van der Waals surface area contributed by atoms with Gasteiger partial charge in [-0.3, -0.25) is 4.79 Å². The van der Waals surface area contributed by atoms with Crippen molar-refractivity contribution in [2.24, 2.45) is 0 Å². The number of para-hydroxylation sites is 2. The molecule has 4 rings (SSSR count). The van der Waals surface area contributed by atoms with Crippen LogP contribution in [-0.2, 0) is 20.7 Å². The Hall–Kier alpha value is -2.54. The van der Waals surface area contributed by atoms with Crippen LogP contribution in [-0.4, -0.2) is 42.6 Å². The van der Waals surface area contributed by atoms with E-state index in [0.717, 1.165) is 10.4 Å². The maximum Gasteiger partial charge on any atom is 0.333 e. The Bertz CT molecular complexity index is 848. The van der Waals surface area contributed by atoms with Crippen molar-refractivity contribution in [2.75, 3.05) is 13.7 Å². The molecule has 2 aliphatic heterocycles. The van der Waals surface area contributed by atoms with Crippen LogP contribution in [0, 0.1) is 0 Å². The number of ether oxygens (including phenoxy) is 3. The standard InChI is InChI=1S/C19H19NO5S/c1-11-17(25-14-6-4-3-5-13(14)24-11)18(21)20-9-7-15-12(8-10-26-15)16(20)19(22)23-2/h3-6,8,10-11,16-17H,7,9H2,1-2H3/t11-,16+,17-/m0/s1. The topological polar surface area (TPSA) is 65.1 Å². The Labute approximate surface area is 155 Å². The van der Waals surface area contributed by atoms with Gasteiger partial charge in [0.25, 0.3) is 5.91 Å². The molecule has 1 amide bonds. The number of rotatable bonds is 2. The lowest BCUT2D eigenvalue weighted by Gasteiger charge is -2.39. The lowest BCUT2D eigenvalue weighted by molar-refractivity contribution is -0.159. The molecule has 2 aliphatic rings. The van der Waals surface area contributed by atoms with E-state index in [9.17, 15) is 9.59 Å². The molecule has 0 spiro atoms. The van der Waals surface area contributed by atoms with Crippen molar-refractivity contribution in [3.63, 3.8) is 0 Å². The highest BCUT2D eigenvalue weighted by Gasteiger charge is 2.43. The van der Waals surface area contributed by atoms with Gasteiger partial charge in [0.05, 0.1) is 7.11 Å². The van der Waals surface area contributed by atoms with Crippen molar-refractivity contribution in [2.45, 2.75) is 31.6 Å². The lowest BCUT2D eigenvalue weighted by atomic mass is 9.98. The van der Waals surface area contributed by atoms with E-state index in [0.29, 0.717) is 24.5 Å². The van der Waals surface area contributed by atoms with Crippen LogP contribution in [0.25, 0.3) is 0 Å². The summed E-state index contributed by atoms with van der Waals surface area (Å²) in [5.74, 6) is 0.445. The van der Waals surface area contributed by atoms with Gasteiger partial charge in [-0.15, -0.1) is 11.3 Å². The predicted molar refractivity (Wildman–Crippen MR) is 95.4 cm³/mol. The Morgan fingerprint density at radius 2 is 1.92 bits per heavy atom. The number of hydrogen-bond donors (Lipinski definition) is 0. The number of carbonyl (C=O) groups excluding carboxylic acids is 2. The predicted octanol–water partition coefficient (Wildman–Crippen LogP) is 2.58. The smallest absolute Gasteiger partial charge is 0.333 e. The second kappa shape index (κ2) is 6.64. The number of esters is 1. The summed E-state index contributed by atoms with van der Waals surface area (Å²) in [5, 5.41) is 1.94. The van der Waals surface area contributed by atoms with E-state index >= 15 is 0 Å². The van der Waals surface area contributed by atoms with Gasteiger partial charge in [0.1, 0.15) is 6.10 Å². The molecule has 6 nitrogen and oxygen atoms in total. The first-order valence-electron chi connectivity index (χ1n) is 8.47. The first-order chi connectivity index (χ1) is 12.6. The van der Waals surface area contributed by atoms with Crippen LogP contribution in [0.3, 0.4) is 0 Å². The second-order valence-electron chi connectivity index (χ2n) is 6.31. The number of hydrogen-bond acceptors (Lipinski definition) is 6. The molecule has 0 saturated heterocycles. The highest BCUT2D eigenvalue weighted by atomic mass is 32.1. The molecule has 0 N–H and O–H groups in total. The van der Waals surface area contributed by atoms with Gasteiger partial charge in [0.15, 0.2) is 17.5 Å². The molecule has 3 heterocycles. The molecular formula is C19H19NO5S. The number of thiophene rings is 1. The third-order valence-corrected chi connectivity index (χ3v) is 5.76. The van der Waals surface area contributed by atoms with E-state index in [1.54, 1.807) is 29.2 Å². The number of carbonyl (C=O) groups is 2. The molecule has 0 radical (unpaired) electrons. The second-order valence-corrected chi connectivity index (χ2v) is 7.32. The summed E-state index contributed by atoms with van der Waals surface area (Å²) >= 11 is 1.60. The van der Waals surface area contributed by atoms with Crippen molar-refractivity contribution in [1.29, 1.82) is 0 Å². The fourth-order valence-corrected chi connectivity index (χ4v) is 4.38. The van der Waals surface area contributed by atoms with Gasteiger partial charge in [0.2, 0.25) is 6.10 Å². The lowest BCUT2D eigenvalue weighted by Crippen LogP contribution is -2.54. The van der Waals surface area contributed by atoms with E-state index in [1.165, 1.54) is 7.11 Å². The third kappa shape index (κ3) is 2.72. The largest absolute Gasteiger partial charge is 0.482 e. The minimum absolute atomic E-state index is 0.265. The molecule has 7 heteroatoms. The zero-order valence-electron chi connectivity index (χ0n) is 14.5. The summed E-state index contributed by atoms with van der Waals surface area (Å²) in [6, 6.07) is 8.41. The van der Waals surface area contributed by atoms with E-state index in [1.807, 2.05) is 29.6 Å². The molecule has 0 unspecified atom stereocenters. The highest BCUT2D eigenvalue weighted by molar-refractivity contribution is 7.10. The van der Waals surface area contributed by atoms with Crippen LogP contribution in [0.1, 0.15) is 23.4 Å². The van der Waals surface area contributed by atoms with Gasteiger partial charge in [-0.25, -0.2) is 4.79 Å². The summed E-state index contributed by atoms with van der Waals surface area (Å²) < 4.78 is 16.7. The summed E-state index contributed by atoms with van der Waals surface area (Å²) in [6.07, 6.45) is -0.554. The van der Waals surface area contributed by atoms with Gasteiger partial charge in [-0.05, 0) is 42.5 Å². The van der Waals surface area contributed by atoms with Gasteiger partial charge < -0.3 is 19.1 Å². The Kier molecular flexibility index (Phi) is 4.32. The van der Waals surface area contributed by atoms with Gasteiger partial charge in [-0.1, -0.05) is 12.1 Å². The molecule has 1 aromatic heterocycles. The molecular weight excluding hydrogens is 354 g/mol. The number of fused-ring (bicyclic) bond motifs is 2. The Morgan fingerprint density at radius 1 is 1.19 bits per heavy atom. The fourth-order valence-electron chi connectivity index (χ4n) is 3.47. The number of nitrogens with zero attached hydrogens (tertiary/aromatic N) is 1. The van der Waals surface area contributed by atoms with E-state index in [-0.39, 0.29) is 5.91 Å². The minimum Gasteiger partial charge on any atom is -0.482 e.